The van der Waals surface area contributed by atoms with E-state index in [0.29, 0.717) is 17.2 Å². The molecule has 3 aromatic rings. The summed E-state index contributed by atoms with van der Waals surface area (Å²) >= 11 is 6.11. The summed E-state index contributed by atoms with van der Waals surface area (Å²) in [6, 6.07) is 5.64. The van der Waals surface area contributed by atoms with Crippen LogP contribution in [-0.4, -0.2) is 24.5 Å². The Bertz CT molecular complexity index is 834. The van der Waals surface area contributed by atoms with Crippen molar-refractivity contribution in [2.45, 2.75) is 0 Å². The number of aromatic nitrogens is 5. The maximum atomic E-state index is 9.27. The van der Waals surface area contributed by atoms with Crippen LogP contribution in [0.4, 0.5) is 0 Å². The van der Waals surface area contributed by atoms with Gasteiger partial charge in [-0.05, 0) is 12.1 Å². The predicted molar refractivity (Wildman–Crippen MR) is 77.2 cm³/mol. The summed E-state index contributed by atoms with van der Waals surface area (Å²) in [5, 5.41) is 9.37. The number of rotatable bonds is 2. The highest BCUT2D eigenvalue weighted by Crippen LogP contribution is 2.27. The Kier molecular flexibility index (Phi) is 3.34. The normalized spacial score (nSPS) is 10.3. The fourth-order valence-corrected chi connectivity index (χ4v) is 2.09. The quantitative estimate of drug-likeness (QED) is 0.679. The zero-order chi connectivity index (χ0) is 14.8. The third-order valence-electron chi connectivity index (χ3n) is 2.84. The summed E-state index contributed by atoms with van der Waals surface area (Å²) in [7, 11) is 1.84. The highest BCUT2D eigenvalue weighted by atomic mass is 35.5. The third kappa shape index (κ3) is 2.47. The lowest BCUT2D eigenvalue weighted by Gasteiger charge is -2.05. The number of imidazole rings is 1. The summed E-state index contributed by atoms with van der Waals surface area (Å²) < 4.78 is 1.77. The van der Waals surface area contributed by atoms with Crippen LogP contribution in [0.1, 0.15) is 5.56 Å². The van der Waals surface area contributed by atoms with Gasteiger partial charge in [-0.1, -0.05) is 11.6 Å². The van der Waals surface area contributed by atoms with Gasteiger partial charge >= 0.3 is 0 Å². The standard InChI is InChI=1S/C14H9ClN6/c1-21-7-11(18-8-21)12-10(5-16)13(15)20-14(19-12)9-3-2-4-17-6-9/h2-4,6-8H,1H3. The summed E-state index contributed by atoms with van der Waals surface area (Å²) in [6.45, 7) is 0. The van der Waals surface area contributed by atoms with Crippen molar-refractivity contribution in [2.24, 2.45) is 7.05 Å². The molecule has 0 unspecified atom stereocenters. The van der Waals surface area contributed by atoms with Gasteiger partial charge in [-0.2, -0.15) is 5.26 Å². The van der Waals surface area contributed by atoms with Crippen molar-refractivity contribution in [3.63, 3.8) is 0 Å². The Labute approximate surface area is 125 Å². The first-order valence-electron chi connectivity index (χ1n) is 6.05. The van der Waals surface area contributed by atoms with Gasteiger partial charge in [-0.3, -0.25) is 4.98 Å². The van der Waals surface area contributed by atoms with Gasteiger partial charge in [0.1, 0.15) is 23.0 Å². The number of hydrogen-bond donors (Lipinski definition) is 0. The van der Waals surface area contributed by atoms with E-state index >= 15 is 0 Å². The molecule has 0 fully saturated rings. The lowest BCUT2D eigenvalue weighted by atomic mass is 10.2. The average Bonchev–Trinajstić information content (AvgIpc) is 2.94. The molecule has 0 saturated heterocycles. The molecule has 0 spiro atoms. The molecule has 102 valence electrons. The van der Waals surface area contributed by atoms with Gasteiger partial charge < -0.3 is 4.57 Å². The number of nitriles is 1. The molecule has 3 heterocycles. The predicted octanol–water partition coefficient (Wildman–Crippen LogP) is 2.46. The minimum Gasteiger partial charge on any atom is -0.340 e. The van der Waals surface area contributed by atoms with Crippen LogP contribution in [0.2, 0.25) is 5.15 Å². The van der Waals surface area contributed by atoms with Crippen LogP contribution in [0.3, 0.4) is 0 Å². The molecule has 0 aromatic carbocycles. The Morgan fingerprint density at radius 2 is 2.19 bits per heavy atom. The van der Waals surface area contributed by atoms with Crippen molar-refractivity contribution >= 4 is 11.6 Å². The number of aryl methyl sites for hydroxylation is 1. The maximum absolute atomic E-state index is 9.27. The van der Waals surface area contributed by atoms with Gasteiger partial charge in [0.05, 0.1) is 6.33 Å². The van der Waals surface area contributed by atoms with E-state index in [4.69, 9.17) is 11.6 Å². The molecule has 0 aliphatic rings. The molecule has 0 N–H and O–H groups in total. The number of hydrogen-bond acceptors (Lipinski definition) is 5. The molecule has 21 heavy (non-hydrogen) atoms. The molecule has 3 aromatic heterocycles. The summed E-state index contributed by atoms with van der Waals surface area (Å²) in [5.74, 6) is 0.410. The Hall–Kier alpha value is -2.78. The Morgan fingerprint density at radius 3 is 2.81 bits per heavy atom. The lowest BCUT2D eigenvalue weighted by Crippen LogP contribution is -1.98. The molecule has 0 saturated carbocycles. The summed E-state index contributed by atoms with van der Waals surface area (Å²) in [4.78, 5) is 16.8. The molecular formula is C14H9ClN6. The molecule has 6 nitrogen and oxygen atoms in total. The highest BCUT2D eigenvalue weighted by molar-refractivity contribution is 6.31. The highest BCUT2D eigenvalue weighted by Gasteiger charge is 2.17. The van der Waals surface area contributed by atoms with E-state index in [1.807, 2.05) is 19.2 Å². The van der Waals surface area contributed by atoms with Crippen LogP contribution in [0.25, 0.3) is 22.8 Å². The maximum Gasteiger partial charge on any atom is 0.163 e. The largest absolute Gasteiger partial charge is 0.340 e. The van der Waals surface area contributed by atoms with Crippen molar-refractivity contribution in [1.82, 2.24) is 24.5 Å². The van der Waals surface area contributed by atoms with Gasteiger partial charge in [0, 0.05) is 31.2 Å². The first-order valence-corrected chi connectivity index (χ1v) is 6.43. The molecule has 0 radical (unpaired) electrons. The monoisotopic (exact) mass is 296 g/mol. The van der Waals surface area contributed by atoms with E-state index in [1.54, 1.807) is 35.6 Å². The number of nitrogens with zero attached hydrogens (tertiary/aromatic N) is 6. The minimum atomic E-state index is 0.104. The zero-order valence-electron chi connectivity index (χ0n) is 11.0. The first kappa shape index (κ1) is 13.2. The van der Waals surface area contributed by atoms with E-state index < -0.39 is 0 Å². The van der Waals surface area contributed by atoms with E-state index in [9.17, 15) is 5.26 Å². The molecule has 7 heteroatoms. The zero-order valence-corrected chi connectivity index (χ0v) is 11.8. The van der Waals surface area contributed by atoms with E-state index in [0.717, 1.165) is 5.56 Å². The van der Waals surface area contributed by atoms with E-state index in [2.05, 4.69) is 19.9 Å². The van der Waals surface area contributed by atoms with Crippen LogP contribution in [0, 0.1) is 11.3 Å². The van der Waals surface area contributed by atoms with Crippen LogP contribution >= 0.6 is 11.6 Å². The van der Waals surface area contributed by atoms with Crippen LogP contribution in [-0.2, 0) is 7.05 Å². The van der Waals surface area contributed by atoms with Crippen molar-refractivity contribution in [2.75, 3.05) is 0 Å². The molecule has 0 bridgehead atoms. The second-order valence-electron chi connectivity index (χ2n) is 4.34. The summed E-state index contributed by atoms with van der Waals surface area (Å²) in [6.07, 6.45) is 6.71. The van der Waals surface area contributed by atoms with E-state index in [1.165, 1.54) is 0 Å². The van der Waals surface area contributed by atoms with Crippen molar-refractivity contribution < 1.29 is 0 Å². The van der Waals surface area contributed by atoms with Crippen molar-refractivity contribution in [1.29, 1.82) is 5.26 Å². The fourth-order valence-electron chi connectivity index (χ4n) is 1.88. The van der Waals surface area contributed by atoms with Crippen LogP contribution in [0.5, 0.6) is 0 Å². The third-order valence-corrected chi connectivity index (χ3v) is 3.12. The van der Waals surface area contributed by atoms with Gasteiger partial charge in [0.2, 0.25) is 0 Å². The van der Waals surface area contributed by atoms with Gasteiger partial charge in [-0.15, -0.1) is 0 Å². The molecular weight excluding hydrogens is 288 g/mol. The van der Waals surface area contributed by atoms with Gasteiger partial charge in [0.15, 0.2) is 11.0 Å². The average molecular weight is 297 g/mol. The topological polar surface area (TPSA) is 80.3 Å². The fraction of sp³-hybridized carbons (Fsp3) is 0.0714. The first-order chi connectivity index (χ1) is 10.2. The van der Waals surface area contributed by atoms with E-state index in [-0.39, 0.29) is 10.7 Å². The molecule has 0 aliphatic carbocycles. The van der Waals surface area contributed by atoms with Crippen molar-refractivity contribution in [3.05, 3.63) is 47.8 Å². The Morgan fingerprint density at radius 1 is 1.33 bits per heavy atom. The SMILES string of the molecule is Cn1cnc(-c2nc(-c3cccnc3)nc(Cl)c2C#N)c1. The second-order valence-corrected chi connectivity index (χ2v) is 4.70. The van der Waals surface area contributed by atoms with Crippen LogP contribution in [0.15, 0.2) is 37.1 Å². The number of pyridine rings is 1. The molecule has 3 rings (SSSR count). The van der Waals surface area contributed by atoms with Crippen molar-refractivity contribution in [3.8, 4) is 28.8 Å². The summed E-state index contributed by atoms with van der Waals surface area (Å²) in [5.41, 5.74) is 1.92. The number of halogens is 1. The smallest absolute Gasteiger partial charge is 0.163 e. The second kappa shape index (κ2) is 5.31. The Balaban J connectivity index is 2.23. The minimum absolute atomic E-state index is 0.104. The van der Waals surface area contributed by atoms with Gasteiger partial charge in [-0.25, -0.2) is 15.0 Å². The molecule has 0 amide bonds. The lowest BCUT2D eigenvalue weighted by molar-refractivity contribution is 0.913. The van der Waals surface area contributed by atoms with Crippen LogP contribution < -0.4 is 0 Å². The van der Waals surface area contributed by atoms with Gasteiger partial charge in [0.25, 0.3) is 0 Å². The molecule has 0 aliphatic heterocycles. The molecule has 0 atom stereocenters.